The Morgan fingerprint density at radius 3 is 2.66 bits per heavy atom. The molecular formula is C25H30N4O5S. The van der Waals surface area contributed by atoms with Crippen molar-refractivity contribution in [3.05, 3.63) is 52.9 Å². The molecule has 0 bridgehead atoms. The number of thiazole rings is 1. The number of nitrogens with one attached hydrogen (secondary N) is 1. The average molecular weight is 499 g/mol. The van der Waals surface area contributed by atoms with Gasteiger partial charge in [-0.2, -0.15) is 0 Å². The molecule has 10 heteroatoms. The summed E-state index contributed by atoms with van der Waals surface area (Å²) in [6.07, 6.45) is -0.584. The highest BCUT2D eigenvalue weighted by Gasteiger charge is 2.43. The van der Waals surface area contributed by atoms with Crippen LogP contribution in [0.2, 0.25) is 0 Å². The predicted octanol–water partition coefficient (Wildman–Crippen LogP) is 3.13. The van der Waals surface area contributed by atoms with Crippen LogP contribution in [0.15, 0.2) is 40.4 Å². The number of aliphatic hydroxyl groups excluding tert-OH is 1. The van der Waals surface area contributed by atoms with Crippen molar-refractivity contribution < 1.29 is 24.0 Å². The summed E-state index contributed by atoms with van der Waals surface area (Å²) in [4.78, 5) is 33.4. The number of hydrogen-bond acceptors (Lipinski definition) is 8. The van der Waals surface area contributed by atoms with E-state index >= 15 is 0 Å². The fraction of sp³-hybridized carbons (Fsp3) is 0.440. The summed E-state index contributed by atoms with van der Waals surface area (Å²) in [6, 6.07) is 8.77. The van der Waals surface area contributed by atoms with Gasteiger partial charge in [0.25, 0.3) is 5.88 Å². The maximum absolute atomic E-state index is 13.5. The zero-order valence-electron chi connectivity index (χ0n) is 20.2. The van der Waals surface area contributed by atoms with Crippen molar-refractivity contribution >= 4 is 23.2 Å². The fourth-order valence-electron chi connectivity index (χ4n) is 4.39. The van der Waals surface area contributed by atoms with Crippen molar-refractivity contribution in [1.29, 1.82) is 0 Å². The van der Waals surface area contributed by atoms with Crippen LogP contribution >= 0.6 is 11.3 Å². The van der Waals surface area contributed by atoms with Crippen LogP contribution in [0.25, 0.3) is 10.4 Å². The Kier molecular flexibility index (Phi) is 7.51. The largest absolute Gasteiger partial charge is 0.479 e. The molecule has 1 aliphatic heterocycles. The van der Waals surface area contributed by atoms with Crippen LogP contribution in [-0.4, -0.2) is 57.8 Å². The van der Waals surface area contributed by atoms with Crippen LogP contribution in [0.3, 0.4) is 0 Å². The predicted molar refractivity (Wildman–Crippen MR) is 131 cm³/mol. The number of aliphatic hydroxyl groups is 1. The number of hydrogen-bond donors (Lipinski definition) is 2. The van der Waals surface area contributed by atoms with Crippen molar-refractivity contribution in [2.24, 2.45) is 5.92 Å². The topological polar surface area (TPSA) is 118 Å². The standard InChI is InChI=1S/C25H30N4O5S/c1-14(2)22(20-10-21(33-4)28-34-20)25(32)29-12-18(30)9-19(29)24(31)26-11-16-5-7-17(8-6-16)23-15(3)27-13-35-23/h5-8,10,13-14,18-19,22,30H,9,11-12H2,1-4H3,(H,26,31)/t18-,19+,22+/m1/s1. The first-order valence-corrected chi connectivity index (χ1v) is 12.4. The third kappa shape index (κ3) is 5.38. The Balaban J connectivity index is 1.43. The quantitative estimate of drug-likeness (QED) is 0.490. The monoisotopic (exact) mass is 498 g/mol. The van der Waals surface area contributed by atoms with Crippen molar-refractivity contribution in [2.45, 2.75) is 51.8 Å². The molecule has 0 spiro atoms. The molecule has 3 heterocycles. The zero-order valence-corrected chi connectivity index (χ0v) is 21.0. The van der Waals surface area contributed by atoms with Gasteiger partial charge in [-0.1, -0.05) is 38.1 Å². The summed E-state index contributed by atoms with van der Waals surface area (Å²) < 4.78 is 10.4. The fourth-order valence-corrected chi connectivity index (χ4v) is 5.21. The van der Waals surface area contributed by atoms with E-state index in [1.54, 1.807) is 17.4 Å². The number of rotatable bonds is 8. The van der Waals surface area contributed by atoms with E-state index in [4.69, 9.17) is 9.26 Å². The number of aromatic nitrogens is 2. The minimum Gasteiger partial charge on any atom is -0.479 e. The normalized spacial score (nSPS) is 18.6. The molecule has 9 nitrogen and oxygen atoms in total. The summed E-state index contributed by atoms with van der Waals surface area (Å²) in [7, 11) is 1.47. The van der Waals surface area contributed by atoms with Crippen molar-refractivity contribution in [2.75, 3.05) is 13.7 Å². The molecule has 4 rings (SSSR count). The molecule has 0 saturated carbocycles. The van der Waals surface area contributed by atoms with Gasteiger partial charge in [0.05, 0.1) is 29.3 Å². The van der Waals surface area contributed by atoms with Gasteiger partial charge in [-0.05, 0) is 29.1 Å². The van der Waals surface area contributed by atoms with Crippen molar-refractivity contribution in [3.8, 4) is 16.3 Å². The number of β-amino-alcohol motifs (C(OH)–C–C–N with tert-alkyl or cyclic N) is 1. The number of aryl methyl sites for hydroxylation is 1. The van der Waals surface area contributed by atoms with Crippen LogP contribution in [0.5, 0.6) is 5.88 Å². The molecule has 1 saturated heterocycles. The smallest absolute Gasteiger partial charge is 0.254 e. The lowest BCUT2D eigenvalue weighted by molar-refractivity contribution is -0.141. The number of likely N-dealkylation sites (tertiary alicyclic amines) is 1. The van der Waals surface area contributed by atoms with Gasteiger partial charge in [-0.25, -0.2) is 4.98 Å². The molecule has 35 heavy (non-hydrogen) atoms. The number of carbonyl (C=O) groups is 2. The Hall–Kier alpha value is -3.24. The molecule has 1 fully saturated rings. The van der Waals surface area contributed by atoms with Gasteiger partial charge in [-0.3, -0.25) is 9.59 Å². The molecule has 0 radical (unpaired) electrons. The van der Waals surface area contributed by atoms with Gasteiger partial charge in [0.1, 0.15) is 12.0 Å². The van der Waals surface area contributed by atoms with Gasteiger partial charge in [0.2, 0.25) is 11.8 Å². The van der Waals surface area contributed by atoms with Crippen LogP contribution in [0, 0.1) is 12.8 Å². The average Bonchev–Trinajstić information content (AvgIpc) is 3.57. The highest BCUT2D eigenvalue weighted by atomic mass is 32.1. The van der Waals surface area contributed by atoms with Crippen molar-refractivity contribution in [3.63, 3.8) is 0 Å². The summed E-state index contributed by atoms with van der Waals surface area (Å²) in [5.74, 6) is -0.670. The van der Waals surface area contributed by atoms with E-state index in [-0.39, 0.29) is 36.6 Å². The van der Waals surface area contributed by atoms with E-state index < -0.39 is 18.1 Å². The van der Waals surface area contributed by atoms with E-state index in [2.05, 4.69) is 15.5 Å². The molecular weight excluding hydrogens is 468 g/mol. The molecule has 3 atom stereocenters. The molecule has 2 aromatic heterocycles. The first-order chi connectivity index (χ1) is 16.8. The maximum atomic E-state index is 13.5. The highest BCUT2D eigenvalue weighted by Crippen LogP contribution is 2.32. The van der Waals surface area contributed by atoms with Gasteiger partial charge in [-0.15, -0.1) is 11.3 Å². The number of ether oxygens (including phenoxy) is 1. The van der Waals surface area contributed by atoms with E-state index in [9.17, 15) is 14.7 Å². The Labute approximate surface area is 208 Å². The number of amides is 2. The molecule has 0 unspecified atom stereocenters. The van der Waals surface area contributed by atoms with Crippen LogP contribution in [0.1, 0.15) is 43.2 Å². The maximum Gasteiger partial charge on any atom is 0.254 e. The summed E-state index contributed by atoms with van der Waals surface area (Å²) >= 11 is 1.59. The van der Waals surface area contributed by atoms with E-state index in [0.29, 0.717) is 12.3 Å². The third-order valence-corrected chi connectivity index (χ3v) is 7.23. The van der Waals surface area contributed by atoms with Gasteiger partial charge >= 0.3 is 0 Å². The van der Waals surface area contributed by atoms with Gasteiger partial charge in [0.15, 0.2) is 5.76 Å². The molecule has 3 aromatic rings. The zero-order chi connectivity index (χ0) is 25.1. The molecule has 2 amide bonds. The molecule has 186 valence electrons. The lowest BCUT2D eigenvalue weighted by atomic mass is 9.91. The minimum atomic E-state index is -0.770. The van der Waals surface area contributed by atoms with Crippen LogP contribution in [-0.2, 0) is 16.1 Å². The summed E-state index contributed by atoms with van der Waals surface area (Å²) in [5, 5.41) is 17.0. The minimum absolute atomic E-state index is 0.0916. The molecule has 1 aliphatic rings. The molecule has 2 N–H and O–H groups in total. The Morgan fingerprint density at radius 1 is 1.31 bits per heavy atom. The number of nitrogens with zero attached hydrogens (tertiary/aromatic N) is 3. The number of benzene rings is 1. The van der Waals surface area contributed by atoms with E-state index in [0.717, 1.165) is 21.7 Å². The Morgan fingerprint density at radius 2 is 2.06 bits per heavy atom. The second-order valence-corrected chi connectivity index (χ2v) is 9.93. The van der Waals surface area contributed by atoms with Gasteiger partial charge < -0.3 is 24.6 Å². The first kappa shape index (κ1) is 24.9. The van der Waals surface area contributed by atoms with Crippen molar-refractivity contribution in [1.82, 2.24) is 20.4 Å². The number of carbonyl (C=O) groups excluding carboxylic acids is 2. The van der Waals surface area contributed by atoms with Crippen LogP contribution in [0.4, 0.5) is 0 Å². The highest BCUT2D eigenvalue weighted by molar-refractivity contribution is 7.13. The number of methoxy groups -OCH3 is 1. The lowest BCUT2D eigenvalue weighted by Gasteiger charge is -2.28. The van der Waals surface area contributed by atoms with Crippen LogP contribution < -0.4 is 10.1 Å². The molecule has 0 aliphatic carbocycles. The van der Waals surface area contributed by atoms with Gasteiger partial charge in [0, 0.05) is 25.6 Å². The third-order valence-electron chi connectivity index (χ3n) is 6.25. The molecule has 1 aromatic carbocycles. The van der Waals surface area contributed by atoms with E-state index in [1.807, 2.05) is 50.5 Å². The Bertz CT molecular complexity index is 1170. The van der Waals surface area contributed by atoms with E-state index in [1.165, 1.54) is 12.0 Å². The second kappa shape index (κ2) is 10.6. The SMILES string of the molecule is COc1cc([C@@H](C(=O)N2C[C@H](O)C[C@H]2C(=O)NCc2ccc(-c3scnc3C)cc2)C(C)C)on1. The lowest BCUT2D eigenvalue weighted by Crippen LogP contribution is -2.48. The second-order valence-electron chi connectivity index (χ2n) is 9.07. The summed E-state index contributed by atoms with van der Waals surface area (Å²) in [5.41, 5.74) is 4.84. The first-order valence-electron chi connectivity index (χ1n) is 11.5. The summed E-state index contributed by atoms with van der Waals surface area (Å²) in [6.45, 7) is 6.19.